The molecule has 10 aromatic rings. The number of nitrogens with zero attached hydrogens (tertiary/aromatic N) is 8. The lowest BCUT2D eigenvalue weighted by molar-refractivity contribution is 0.0488. The van der Waals surface area contributed by atoms with Crippen molar-refractivity contribution in [3.05, 3.63) is 179 Å². The summed E-state index contributed by atoms with van der Waals surface area (Å²) in [5.74, 6) is -11.6. The van der Waals surface area contributed by atoms with E-state index >= 15 is 0 Å². The number of aromatic hydroxyl groups is 16. The van der Waals surface area contributed by atoms with Crippen molar-refractivity contribution in [3.63, 3.8) is 0 Å². The predicted molar refractivity (Wildman–Crippen MR) is 502 cm³/mol. The van der Waals surface area contributed by atoms with Crippen molar-refractivity contribution in [1.29, 1.82) is 0 Å². The number of hydrogen-bond acceptors (Lipinski definition) is 30. The summed E-state index contributed by atoms with van der Waals surface area (Å²) in [7, 11) is 0. The molecule has 6 aliphatic rings. The number of aromatic nitrogens is 2. The van der Waals surface area contributed by atoms with E-state index in [-0.39, 0.29) is 137 Å². The van der Waals surface area contributed by atoms with E-state index in [9.17, 15) is 139 Å². The van der Waals surface area contributed by atoms with Gasteiger partial charge in [0, 0.05) is 70.1 Å². The van der Waals surface area contributed by atoms with E-state index in [1.165, 1.54) is 36.4 Å². The van der Waals surface area contributed by atoms with Crippen LogP contribution >= 0.6 is 58.0 Å². The van der Waals surface area contributed by atoms with Crippen LogP contribution in [0.4, 0.5) is 0 Å². The molecule has 0 radical (unpaired) electrons. The molecule has 0 unspecified atom stereocenters. The average molecular weight is 2000 g/mol. The maximum Gasteiger partial charge on any atom is 0.292 e. The summed E-state index contributed by atoms with van der Waals surface area (Å²) in [5.41, 5.74) is -3.00. The summed E-state index contributed by atoms with van der Waals surface area (Å²) in [4.78, 5) is 153. The van der Waals surface area contributed by atoms with Gasteiger partial charge in [0.25, 0.3) is 70.2 Å². The number of phenolic OH excluding ortho intramolecular Hbond substituents is 16. The van der Waals surface area contributed by atoms with E-state index in [0.717, 1.165) is 65.0 Å². The Bertz CT molecular complexity index is 6840. The molecule has 6 aliphatic heterocycles. The lowest BCUT2D eigenvalue weighted by Crippen LogP contribution is -2.45. The van der Waals surface area contributed by atoms with E-state index < -0.39 is 166 Å². The third-order valence-corrected chi connectivity index (χ3v) is 23.0. The highest BCUT2D eigenvalue weighted by Crippen LogP contribution is 2.50. The lowest BCUT2D eigenvalue weighted by atomic mass is 10.1. The first-order valence-electron chi connectivity index (χ1n) is 41.4. The Hall–Kier alpha value is -14.0. The Morgan fingerprint density at radius 3 is 1.07 bits per heavy atom. The van der Waals surface area contributed by atoms with Crippen molar-refractivity contribution in [2.45, 2.75) is 224 Å². The van der Waals surface area contributed by atoms with Crippen LogP contribution in [0.3, 0.4) is 0 Å². The minimum atomic E-state index is -0.738. The van der Waals surface area contributed by atoms with Crippen molar-refractivity contribution in [2.24, 2.45) is 0 Å². The summed E-state index contributed by atoms with van der Waals surface area (Å²) in [6.45, 7) is 43.9. The molecule has 0 saturated carbocycles. The number of benzene rings is 8. The molecule has 8 heterocycles. The highest BCUT2D eigenvalue weighted by molar-refractivity contribution is 6.40. The van der Waals surface area contributed by atoms with Gasteiger partial charge in [0.05, 0.1) is 81.6 Å². The second-order valence-electron chi connectivity index (χ2n) is 40.0. The summed E-state index contributed by atoms with van der Waals surface area (Å²) < 4.78 is 13.0. The van der Waals surface area contributed by atoms with Gasteiger partial charge in [0.1, 0.15) is 15.4 Å². The van der Waals surface area contributed by atoms with Crippen LogP contribution in [0.5, 0.6) is 92.0 Å². The Labute approximate surface area is 806 Å². The largest absolute Gasteiger partial charge is 0.504 e. The third kappa shape index (κ3) is 20.2. The van der Waals surface area contributed by atoms with E-state index in [2.05, 4.69) is 0 Å². The summed E-state index contributed by atoms with van der Waals surface area (Å²) in [5, 5.41) is 151. The highest BCUT2D eigenvalue weighted by Gasteiger charge is 2.50. The zero-order valence-electron chi connectivity index (χ0n) is 78.6. The molecule has 137 heavy (non-hydrogen) atoms. The van der Waals surface area contributed by atoms with Gasteiger partial charge in [-0.3, -0.25) is 77.1 Å². The first kappa shape index (κ1) is 107. The minimum Gasteiger partial charge on any atom is -0.504 e. The average Bonchev–Trinajstić information content (AvgIpc) is 1.59. The van der Waals surface area contributed by atoms with Gasteiger partial charge in [0.2, 0.25) is 0 Å². The van der Waals surface area contributed by atoms with Gasteiger partial charge in [-0.2, -0.15) is 9.48 Å². The standard InChI is InChI=1S/2C12H12ClNO4.C12H14ClNO3.2C12H13NO4.C12H15NO3.2C11H12ClNO4/c1-12(2,3)14-10(17)7-5(13)4-6(15)9(16)8(7)11(14)18;1-12(2,3)14-10(17)5-4-6(15)9(16)8(13)7(5)11(14)18;1-12(2,3)14-5-6-4-7(15)10(16)9(13)8(6)11(14)17;1-12(2,3)13-10(16)6-4-8(14)9(15)5-7(6)11(13)17;1-12(2,3)13-10(16)6-4-5-7(14)9(15)8(6)11(13)17;1-12(2,3)13-6-7-4-9(14)10(15)5-8(7)11(13)16;1-11(2,3)13-10(16)5-4-6(14)8(15)7(12)9(5)17-13;1-11(2,3)13-10(16)7-6(17-13)4-5(14)9(15)8(7)12/h2*4,15-16H,1-3H3;4,15-16H,5H2,1-3H3;2*4-5,14-15H,1-3H3;4-5,14-15H,6H2,1-3H3;2*4,14-15H,1-3H3. The molecule has 0 bridgehead atoms. The predicted octanol–water partition coefficient (Wildman–Crippen LogP) is 16.5. The number of rotatable bonds is 0. The summed E-state index contributed by atoms with van der Waals surface area (Å²) in [6.07, 6.45) is 0. The van der Waals surface area contributed by atoms with E-state index in [1.54, 1.807) is 134 Å². The number of fused-ring (bicyclic) bond motifs is 8. The molecule has 2 aromatic heterocycles. The third-order valence-electron chi connectivity index (χ3n) is 21.3. The van der Waals surface area contributed by atoms with E-state index in [0.29, 0.717) is 24.2 Å². The Kier molecular flexibility index (Phi) is 28.8. The topological polar surface area (TPSA) is 584 Å². The number of carbonyl (C=O) groups is 10. The smallest absolute Gasteiger partial charge is 0.292 e. The van der Waals surface area contributed by atoms with Crippen LogP contribution < -0.4 is 11.1 Å². The fraction of sp³-hybridized carbons (Fsp3) is 0.362. The first-order chi connectivity index (χ1) is 62.3. The number of carbonyl (C=O) groups excluding carboxylic acids is 10. The zero-order valence-corrected chi connectivity index (χ0v) is 82.4. The maximum atomic E-state index is 12.2. The second-order valence-corrected chi connectivity index (χ2v) is 41.9. The normalized spacial score (nSPS) is 14.5. The molecule has 10 amide bonds. The molecule has 8 aromatic carbocycles. The second kappa shape index (κ2) is 36.9. The molecule has 43 heteroatoms. The summed E-state index contributed by atoms with van der Waals surface area (Å²) in [6, 6.07) is 13.4. The Balaban J connectivity index is 0.000000175. The molecule has 0 atom stereocenters. The molecular formula is C94H103Cl5N8O30. The number of hydrogen-bond donors (Lipinski definition) is 16. The van der Waals surface area contributed by atoms with Gasteiger partial charge in [-0.25, -0.2) is 0 Å². The molecular weight excluding hydrogens is 1900 g/mol. The molecule has 0 fully saturated rings. The summed E-state index contributed by atoms with van der Waals surface area (Å²) >= 11 is 29.2. The Morgan fingerprint density at radius 1 is 0.255 bits per heavy atom. The number of halogens is 5. The van der Waals surface area contributed by atoms with Crippen LogP contribution in [0.1, 0.15) is 281 Å². The first-order valence-corrected chi connectivity index (χ1v) is 43.3. The van der Waals surface area contributed by atoms with Crippen LogP contribution in [0.2, 0.25) is 25.1 Å². The van der Waals surface area contributed by atoms with Gasteiger partial charge in [-0.1, -0.05) is 58.0 Å². The van der Waals surface area contributed by atoms with Gasteiger partial charge in [0.15, 0.2) is 103 Å². The fourth-order valence-corrected chi connectivity index (χ4v) is 16.0. The maximum absolute atomic E-state index is 12.2. The number of phenols is 16. The van der Waals surface area contributed by atoms with Crippen molar-refractivity contribution >= 4 is 139 Å². The lowest BCUT2D eigenvalue weighted by Gasteiger charge is -2.31. The SMILES string of the molecule is CC(C)(C)N1C(=O)c2c(Cl)cc(O)c(O)c2C1=O.CC(C)(C)N1C(=O)c2cc(O)c(O)c(Cl)c2C1=O.CC(C)(C)N1C(=O)c2cc(O)c(O)cc2C1=O.CC(C)(C)N1C(=O)c2ccc(O)c(O)c2C1=O.CC(C)(C)N1Cc2cc(O)c(O)c(Cl)c2C1=O.CC(C)(C)N1Cc2cc(O)c(O)cc2C1=O.CC(C)(C)n1oc2c(Cl)c(O)c(O)cc2c1=O.CC(C)(C)n1oc2cc(O)c(O)c(Cl)c2c1=O. The Morgan fingerprint density at radius 2 is 0.591 bits per heavy atom. The minimum absolute atomic E-state index is 0.00947. The molecule has 0 aliphatic carbocycles. The number of amides is 10. The molecule has 734 valence electrons. The quantitative estimate of drug-likeness (QED) is 0.0495. The monoisotopic (exact) mass is 2000 g/mol. The van der Waals surface area contributed by atoms with Crippen LogP contribution in [-0.4, -0.2) is 213 Å². The number of imide groups is 4. The molecule has 0 spiro atoms. The fourth-order valence-electron chi connectivity index (χ4n) is 14.6. The van der Waals surface area contributed by atoms with Crippen LogP contribution in [-0.2, 0) is 24.2 Å². The van der Waals surface area contributed by atoms with Gasteiger partial charge in [-0.05, 0) is 226 Å². The van der Waals surface area contributed by atoms with E-state index in [4.69, 9.17) is 67.1 Å². The van der Waals surface area contributed by atoms with Crippen LogP contribution in [0.25, 0.3) is 21.9 Å². The highest BCUT2D eigenvalue weighted by atomic mass is 35.5. The van der Waals surface area contributed by atoms with Crippen LogP contribution in [0, 0.1) is 0 Å². The van der Waals surface area contributed by atoms with Gasteiger partial charge >= 0.3 is 0 Å². The van der Waals surface area contributed by atoms with Gasteiger partial charge in [-0.15, -0.1) is 0 Å². The van der Waals surface area contributed by atoms with Gasteiger partial charge < -0.3 is 101 Å². The van der Waals surface area contributed by atoms with Crippen molar-refractivity contribution in [1.82, 2.24) is 38.9 Å². The van der Waals surface area contributed by atoms with E-state index in [1.807, 2.05) is 41.5 Å². The molecule has 16 rings (SSSR count). The van der Waals surface area contributed by atoms with Crippen molar-refractivity contribution < 1.29 is 139 Å². The van der Waals surface area contributed by atoms with Crippen molar-refractivity contribution in [3.8, 4) is 92.0 Å². The molecule has 0 saturated heterocycles. The van der Waals surface area contributed by atoms with Crippen molar-refractivity contribution in [2.75, 3.05) is 0 Å². The zero-order chi connectivity index (χ0) is 105. The molecule has 16 N–H and O–H groups in total. The van der Waals surface area contributed by atoms with Crippen LogP contribution in [0.15, 0.2) is 85.4 Å². The molecule has 38 nitrogen and oxygen atoms in total.